The second kappa shape index (κ2) is 5.83. The number of aromatic nitrogens is 1. The Balaban J connectivity index is 2.38. The average Bonchev–Trinajstić information content (AvgIpc) is 2.36. The fourth-order valence-corrected chi connectivity index (χ4v) is 3.47. The summed E-state index contributed by atoms with van der Waals surface area (Å²) in [5, 5.41) is 0. The number of benzene rings is 1. The van der Waals surface area contributed by atoms with Gasteiger partial charge in [0, 0.05) is 4.47 Å². The van der Waals surface area contributed by atoms with Gasteiger partial charge in [-0.15, -0.1) is 0 Å². The summed E-state index contributed by atoms with van der Waals surface area (Å²) in [7, 11) is -3.61. The number of sulfonamides is 1. The molecular weight excluding hydrogens is 408 g/mol. The first-order valence-corrected chi connectivity index (χ1v) is 8.78. The van der Waals surface area contributed by atoms with Crippen molar-refractivity contribution < 1.29 is 8.42 Å². The number of anilines is 1. The van der Waals surface area contributed by atoms with E-state index in [2.05, 4.69) is 41.6 Å². The van der Waals surface area contributed by atoms with E-state index >= 15 is 0 Å². The van der Waals surface area contributed by atoms with E-state index in [0.29, 0.717) is 16.0 Å². The monoisotopic (exact) mass is 418 g/mol. The minimum Gasteiger partial charge on any atom is -0.278 e. The molecule has 0 aliphatic rings. The van der Waals surface area contributed by atoms with Crippen LogP contribution in [0.5, 0.6) is 0 Å². The van der Waals surface area contributed by atoms with Gasteiger partial charge in [-0.05, 0) is 65.7 Å². The molecule has 0 aliphatic heterocycles. The van der Waals surface area contributed by atoms with Crippen LogP contribution in [0.3, 0.4) is 0 Å². The van der Waals surface area contributed by atoms with Gasteiger partial charge in [0.05, 0.1) is 16.3 Å². The number of hydrogen-bond donors (Lipinski definition) is 1. The van der Waals surface area contributed by atoms with Crippen LogP contribution >= 0.6 is 31.9 Å². The molecule has 106 valence electrons. The molecular formula is C13H12Br2N2O2S. The lowest BCUT2D eigenvalue weighted by Gasteiger charge is -2.11. The van der Waals surface area contributed by atoms with E-state index in [-0.39, 0.29) is 4.90 Å². The Labute approximate surface area is 134 Å². The predicted molar refractivity (Wildman–Crippen MR) is 86.4 cm³/mol. The molecule has 7 heteroatoms. The summed E-state index contributed by atoms with van der Waals surface area (Å²) < 4.78 is 28.8. The second-order valence-electron chi connectivity index (χ2n) is 4.28. The Morgan fingerprint density at radius 2 is 1.80 bits per heavy atom. The van der Waals surface area contributed by atoms with Crippen molar-refractivity contribution in [2.24, 2.45) is 0 Å². The summed E-state index contributed by atoms with van der Waals surface area (Å²) in [5.74, 6) is 0. The number of halogens is 2. The highest BCUT2D eigenvalue weighted by Gasteiger charge is 2.16. The first-order chi connectivity index (χ1) is 9.29. The number of pyridine rings is 1. The molecule has 0 saturated carbocycles. The summed E-state index contributed by atoms with van der Waals surface area (Å²) >= 11 is 6.60. The van der Waals surface area contributed by atoms with E-state index in [1.807, 2.05) is 6.92 Å². The highest BCUT2D eigenvalue weighted by molar-refractivity contribution is 9.10. The highest BCUT2D eigenvalue weighted by Crippen LogP contribution is 2.23. The number of hydrogen-bond acceptors (Lipinski definition) is 3. The molecule has 0 radical (unpaired) electrons. The maximum absolute atomic E-state index is 12.3. The maximum atomic E-state index is 12.3. The van der Waals surface area contributed by atoms with Crippen LogP contribution in [0.15, 0.2) is 44.3 Å². The zero-order valence-corrected chi connectivity index (χ0v) is 14.8. The SMILES string of the molecule is Cc1cc(S(=O)(=O)Nc2ccc(Br)nc2C)ccc1Br. The molecule has 0 bridgehead atoms. The third-order valence-corrected chi connectivity index (χ3v) is 5.43. The predicted octanol–water partition coefficient (Wildman–Crippen LogP) is 4.02. The molecule has 0 atom stereocenters. The van der Waals surface area contributed by atoms with Gasteiger partial charge in [-0.2, -0.15) is 0 Å². The quantitative estimate of drug-likeness (QED) is 0.764. The summed E-state index contributed by atoms with van der Waals surface area (Å²) in [4.78, 5) is 4.39. The van der Waals surface area contributed by atoms with E-state index in [4.69, 9.17) is 0 Å². The summed E-state index contributed by atoms with van der Waals surface area (Å²) in [5.41, 5.74) is 1.93. The molecule has 4 nitrogen and oxygen atoms in total. The Bertz CT molecular complexity index is 761. The zero-order chi connectivity index (χ0) is 14.9. The molecule has 1 aromatic heterocycles. The minimum absolute atomic E-state index is 0.223. The van der Waals surface area contributed by atoms with Gasteiger partial charge in [-0.25, -0.2) is 13.4 Å². The molecule has 0 fully saturated rings. The first kappa shape index (κ1) is 15.5. The van der Waals surface area contributed by atoms with E-state index in [1.165, 1.54) is 0 Å². The average molecular weight is 420 g/mol. The second-order valence-corrected chi connectivity index (χ2v) is 7.63. The van der Waals surface area contributed by atoms with Crippen LogP contribution in [-0.2, 0) is 10.0 Å². The standard InChI is InChI=1S/C13H12Br2N2O2S/c1-8-7-10(3-4-11(8)14)20(18,19)17-12-5-6-13(15)16-9(12)2/h3-7,17H,1-2H3. The lowest BCUT2D eigenvalue weighted by atomic mass is 10.2. The third-order valence-electron chi connectivity index (χ3n) is 2.74. The fourth-order valence-electron chi connectivity index (χ4n) is 1.63. The van der Waals surface area contributed by atoms with Gasteiger partial charge in [0.25, 0.3) is 10.0 Å². The summed E-state index contributed by atoms with van der Waals surface area (Å²) in [6, 6.07) is 8.26. The van der Waals surface area contributed by atoms with Crippen molar-refractivity contribution in [3.05, 3.63) is 50.7 Å². The normalized spacial score (nSPS) is 11.4. The molecule has 0 aliphatic carbocycles. The number of aryl methyl sites for hydroxylation is 2. The van der Waals surface area contributed by atoms with Crippen molar-refractivity contribution in [1.29, 1.82) is 0 Å². The molecule has 0 saturated heterocycles. The molecule has 0 unspecified atom stereocenters. The van der Waals surface area contributed by atoms with Crippen molar-refractivity contribution in [2.45, 2.75) is 18.7 Å². The smallest absolute Gasteiger partial charge is 0.261 e. The maximum Gasteiger partial charge on any atom is 0.261 e. The van der Waals surface area contributed by atoms with Crippen molar-refractivity contribution in [2.75, 3.05) is 4.72 Å². The molecule has 0 amide bonds. The molecule has 20 heavy (non-hydrogen) atoms. The van der Waals surface area contributed by atoms with Crippen LogP contribution in [-0.4, -0.2) is 13.4 Å². The molecule has 2 rings (SSSR count). The number of nitrogens with zero attached hydrogens (tertiary/aromatic N) is 1. The number of rotatable bonds is 3. The Hall–Kier alpha value is -0.920. The topological polar surface area (TPSA) is 59.1 Å². The lowest BCUT2D eigenvalue weighted by molar-refractivity contribution is 0.601. The van der Waals surface area contributed by atoms with Gasteiger partial charge < -0.3 is 0 Å². The van der Waals surface area contributed by atoms with E-state index in [9.17, 15) is 8.42 Å². The molecule has 2 aromatic rings. The lowest BCUT2D eigenvalue weighted by Crippen LogP contribution is -2.14. The third kappa shape index (κ3) is 3.39. The van der Waals surface area contributed by atoms with Crippen LogP contribution in [0.25, 0.3) is 0 Å². The molecule has 1 N–H and O–H groups in total. The summed E-state index contributed by atoms with van der Waals surface area (Å²) in [6.07, 6.45) is 0. The van der Waals surface area contributed by atoms with Crippen molar-refractivity contribution >= 4 is 47.6 Å². The Kier molecular flexibility index (Phi) is 4.51. The van der Waals surface area contributed by atoms with Crippen molar-refractivity contribution in [1.82, 2.24) is 4.98 Å². The summed E-state index contributed by atoms with van der Waals surface area (Å²) in [6.45, 7) is 3.59. The minimum atomic E-state index is -3.61. The molecule has 0 spiro atoms. The number of nitrogens with one attached hydrogen (secondary N) is 1. The van der Waals surface area contributed by atoms with Gasteiger partial charge in [-0.1, -0.05) is 15.9 Å². The van der Waals surface area contributed by atoms with Gasteiger partial charge in [0.1, 0.15) is 4.60 Å². The van der Waals surface area contributed by atoms with Crippen LogP contribution in [0, 0.1) is 13.8 Å². The van der Waals surface area contributed by atoms with Crippen LogP contribution in [0.2, 0.25) is 0 Å². The molecule has 1 aromatic carbocycles. The Morgan fingerprint density at radius 3 is 2.40 bits per heavy atom. The first-order valence-electron chi connectivity index (χ1n) is 5.72. The fraction of sp³-hybridized carbons (Fsp3) is 0.154. The molecule has 1 heterocycles. The van der Waals surface area contributed by atoms with Gasteiger partial charge >= 0.3 is 0 Å². The van der Waals surface area contributed by atoms with Crippen LogP contribution in [0.4, 0.5) is 5.69 Å². The van der Waals surface area contributed by atoms with E-state index in [1.54, 1.807) is 37.3 Å². The van der Waals surface area contributed by atoms with E-state index < -0.39 is 10.0 Å². The van der Waals surface area contributed by atoms with Gasteiger partial charge in [-0.3, -0.25) is 4.72 Å². The largest absolute Gasteiger partial charge is 0.278 e. The van der Waals surface area contributed by atoms with Crippen molar-refractivity contribution in [3.8, 4) is 0 Å². The Morgan fingerprint density at radius 1 is 1.10 bits per heavy atom. The highest BCUT2D eigenvalue weighted by atomic mass is 79.9. The van der Waals surface area contributed by atoms with Gasteiger partial charge in [0.15, 0.2) is 0 Å². The van der Waals surface area contributed by atoms with Crippen molar-refractivity contribution in [3.63, 3.8) is 0 Å². The zero-order valence-electron chi connectivity index (χ0n) is 10.8. The van der Waals surface area contributed by atoms with Crippen LogP contribution in [0.1, 0.15) is 11.3 Å². The van der Waals surface area contributed by atoms with Gasteiger partial charge in [0.2, 0.25) is 0 Å². The van der Waals surface area contributed by atoms with Crippen LogP contribution < -0.4 is 4.72 Å². The van der Waals surface area contributed by atoms with E-state index in [0.717, 1.165) is 10.0 Å².